The monoisotopic (exact) mass is 411 g/mol. The average Bonchev–Trinajstić information content (AvgIpc) is 2.65. The first kappa shape index (κ1) is 21.2. The molecule has 0 saturated carbocycles. The van der Waals surface area contributed by atoms with E-state index in [0.717, 1.165) is 11.3 Å². The highest BCUT2D eigenvalue weighted by atomic mass is 35.5. The summed E-state index contributed by atoms with van der Waals surface area (Å²) in [5.74, 6) is 1.58. The molecule has 0 fully saturated rings. The van der Waals surface area contributed by atoms with Gasteiger partial charge in [-0.1, -0.05) is 29.3 Å². The topological polar surface area (TPSA) is 56.8 Å². The molecule has 0 heterocycles. The zero-order valence-corrected chi connectivity index (χ0v) is 16.9. The summed E-state index contributed by atoms with van der Waals surface area (Å²) in [7, 11) is 0. The molecular weight excluding hydrogens is 389 g/mol. The van der Waals surface area contributed by atoms with Crippen LogP contribution in [0, 0.1) is 0 Å². The fourth-order valence-electron chi connectivity index (χ4n) is 2.38. The van der Waals surface area contributed by atoms with Crippen LogP contribution in [0.4, 0.5) is 0 Å². The molecule has 146 valence electrons. The van der Waals surface area contributed by atoms with Gasteiger partial charge in [0.1, 0.15) is 5.75 Å². The number of carbonyl (C=O) groups is 1. The van der Waals surface area contributed by atoms with Crippen LogP contribution in [0.3, 0.4) is 0 Å². The van der Waals surface area contributed by atoms with Crippen molar-refractivity contribution in [1.82, 2.24) is 5.32 Å². The van der Waals surface area contributed by atoms with Gasteiger partial charge >= 0.3 is 0 Å². The molecular formula is C20H23Cl2NO4. The summed E-state index contributed by atoms with van der Waals surface area (Å²) in [6, 6.07) is 10.6. The number of amides is 1. The number of hydrogen-bond donors (Lipinski definition) is 1. The van der Waals surface area contributed by atoms with Gasteiger partial charge in [0.2, 0.25) is 0 Å². The van der Waals surface area contributed by atoms with E-state index in [1.807, 2.05) is 32.0 Å². The van der Waals surface area contributed by atoms with Crippen molar-refractivity contribution in [3.63, 3.8) is 0 Å². The summed E-state index contributed by atoms with van der Waals surface area (Å²) in [5, 5.41) is 3.72. The molecule has 0 bridgehead atoms. The van der Waals surface area contributed by atoms with E-state index in [-0.39, 0.29) is 12.5 Å². The van der Waals surface area contributed by atoms with Gasteiger partial charge in [0.05, 0.1) is 18.2 Å². The first-order valence-electron chi connectivity index (χ1n) is 8.76. The Labute approximate surface area is 169 Å². The third-order valence-electron chi connectivity index (χ3n) is 3.60. The predicted octanol–water partition coefficient (Wildman–Crippen LogP) is 4.53. The maximum absolute atomic E-state index is 12.0. The number of hydrogen-bond acceptors (Lipinski definition) is 4. The minimum absolute atomic E-state index is 0.131. The number of benzene rings is 2. The Morgan fingerprint density at radius 3 is 2.41 bits per heavy atom. The molecule has 5 nitrogen and oxygen atoms in total. The quantitative estimate of drug-likeness (QED) is 0.623. The molecule has 0 unspecified atom stereocenters. The van der Waals surface area contributed by atoms with Crippen molar-refractivity contribution in [3.8, 4) is 17.2 Å². The fraction of sp³-hybridized carbons (Fsp3) is 0.350. The molecule has 0 aliphatic rings. The summed E-state index contributed by atoms with van der Waals surface area (Å²) in [6.07, 6.45) is 0.663. The SMILES string of the molecule is CCOc1ccc(CCNC(=O)COc2cc(Cl)ccc2Cl)cc1OCC. The highest BCUT2D eigenvalue weighted by Crippen LogP contribution is 2.29. The van der Waals surface area contributed by atoms with Crippen LogP contribution in [0.1, 0.15) is 19.4 Å². The molecule has 0 atom stereocenters. The lowest BCUT2D eigenvalue weighted by Gasteiger charge is -2.13. The van der Waals surface area contributed by atoms with Crippen molar-refractivity contribution in [2.24, 2.45) is 0 Å². The van der Waals surface area contributed by atoms with Crippen LogP contribution in [0.5, 0.6) is 17.2 Å². The van der Waals surface area contributed by atoms with Crippen LogP contribution in [0.2, 0.25) is 10.0 Å². The number of ether oxygens (including phenoxy) is 3. The van der Waals surface area contributed by atoms with Crippen LogP contribution < -0.4 is 19.5 Å². The second kappa shape index (κ2) is 10.9. The van der Waals surface area contributed by atoms with Crippen molar-refractivity contribution < 1.29 is 19.0 Å². The first-order chi connectivity index (χ1) is 13.0. The van der Waals surface area contributed by atoms with E-state index >= 15 is 0 Å². The Morgan fingerprint density at radius 1 is 0.926 bits per heavy atom. The van der Waals surface area contributed by atoms with E-state index in [9.17, 15) is 4.79 Å². The number of rotatable bonds is 10. The number of nitrogens with one attached hydrogen (secondary N) is 1. The molecule has 1 N–H and O–H groups in total. The van der Waals surface area contributed by atoms with Crippen LogP contribution in [-0.4, -0.2) is 32.3 Å². The second-order valence-electron chi connectivity index (χ2n) is 5.61. The van der Waals surface area contributed by atoms with Gasteiger partial charge in [-0.25, -0.2) is 0 Å². The van der Waals surface area contributed by atoms with Crippen molar-refractivity contribution in [2.45, 2.75) is 20.3 Å². The zero-order valence-electron chi connectivity index (χ0n) is 15.4. The molecule has 1 amide bonds. The maximum atomic E-state index is 12.0. The summed E-state index contributed by atoms with van der Waals surface area (Å²) in [6.45, 7) is 5.33. The summed E-state index contributed by atoms with van der Waals surface area (Å²) < 4.78 is 16.6. The molecule has 0 radical (unpaired) electrons. The van der Waals surface area contributed by atoms with Crippen molar-refractivity contribution in [1.29, 1.82) is 0 Å². The Bertz CT molecular complexity index is 768. The van der Waals surface area contributed by atoms with Gasteiger partial charge in [-0.2, -0.15) is 0 Å². The van der Waals surface area contributed by atoms with Gasteiger partial charge in [-0.3, -0.25) is 4.79 Å². The third-order valence-corrected chi connectivity index (χ3v) is 4.14. The Hall–Kier alpha value is -2.11. The van der Waals surface area contributed by atoms with Gasteiger partial charge in [0, 0.05) is 17.6 Å². The van der Waals surface area contributed by atoms with Gasteiger partial charge in [-0.05, 0) is 50.1 Å². The van der Waals surface area contributed by atoms with E-state index in [1.165, 1.54) is 0 Å². The molecule has 7 heteroatoms. The zero-order chi connectivity index (χ0) is 19.6. The molecule has 2 aromatic carbocycles. The number of halogens is 2. The van der Waals surface area contributed by atoms with E-state index in [2.05, 4.69) is 5.32 Å². The standard InChI is InChI=1S/C20H23Cl2NO4/c1-3-25-17-8-5-14(11-19(17)26-4-2)9-10-23-20(24)13-27-18-12-15(21)6-7-16(18)22/h5-8,11-12H,3-4,9-10,13H2,1-2H3,(H,23,24). The van der Waals surface area contributed by atoms with Crippen LogP contribution in [0.15, 0.2) is 36.4 Å². The van der Waals surface area contributed by atoms with E-state index in [0.29, 0.717) is 47.7 Å². The predicted molar refractivity (Wildman–Crippen MR) is 107 cm³/mol. The molecule has 27 heavy (non-hydrogen) atoms. The van der Waals surface area contributed by atoms with Crippen molar-refractivity contribution in [2.75, 3.05) is 26.4 Å². The van der Waals surface area contributed by atoms with Crippen LogP contribution in [0.25, 0.3) is 0 Å². The van der Waals surface area contributed by atoms with Gasteiger partial charge in [-0.15, -0.1) is 0 Å². The third kappa shape index (κ3) is 6.85. The van der Waals surface area contributed by atoms with Crippen molar-refractivity contribution in [3.05, 3.63) is 52.0 Å². The van der Waals surface area contributed by atoms with E-state index < -0.39 is 0 Å². The molecule has 0 spiro atoms. The molecule has 0 saturated heterocycles. The van der Waals surface area contributed by atoms with E-state index in [4.69, 9.17) is 37.4 Å². The lowest BCUT2D eigenvalue weighted by atomic mass is 10.1. The minimum atomic E-state index is -0.234. The van der Waals surface area contributed by atoms with Crippen LogP contribution >= 0.6 is 23.2 Å². The molecule has 0 aliphatic carbocycles. The van der Waals surface area contributed by atoms with Crippen molar-refractivity contribution >= 4 is 29.1 Å². The minimum Gasteiger partial charge on any atom is -0.490 e. The summed E-state index contributed by atoms with van der Waals surface area (Å²) in [5.41, 5.74) is 1.04. The normalized spacial score (nSPS) is 10.4. The molecule has 2 aromatic rings. The Morgan fingerprint density at radius 2 is 1.67 bits per heavy atom. The van der Waals surface area contributed by atoms with Gasteiger partial charge in [0.15, 0.2) is 18.1 Å². The maximum Gasteiger partial charge on any atom is 0.257 e. The number of carbonyl (C=O) groups excluding carboxylic acids is 1. The van der Waals surface area contributed by atoms with Gasteiger partial charge in [0.25, 0.3) is 5.91 Å². The largest absolute Gasteiger partial charge is 0.490 e. The lowest BCUT2D eigenvalue weighted by molar-refractivity contribution is -0.123. The van der Waals surface area contributed by atoms with E-state index in [1.54, 1.807) is 18.2 Å². The Balaban J connectivity index is 1.82. The summed E-state index contributed by atoms with van der Waals surface area (Å²) >= 11 is 11.9. The fourth-order valence-corrected chi connectivity index (χ4v) is 2.71. The van der Waals surface area contributed by atoms with Crippen LogP contribution in [-0.2, 0) is 11.2 Å². The first-order valence-corrected chi connectivity index (χ1v) is 9.52. The molecule has 2 rings (SSSR count). The highest BCUT2D eigenvalue weighted by molar-refractivity contribution is 6.34. The lowest BCUT2D eigenvalue weighted by Crippen LogP contribution is -2.30. The highest BCUT2D eigenvalue weighted by Gasteiger charge is 2.08. The summed E-state index contributed by atoms with van der Waals surface area (Å²) in [4.78, 5) is 12.0. The second-order valence-corrected chi connectivity index (χ2v) is 6.45. The smallest absolute Gasteiger partial charge is 0.257 e. The molecule has 0 aromatic heterocycles. The average molecular weight is 412 g/mol. The van der Waals surface area contributed by atoms with Gasteiger partial charge < -0.3 is 19.5 Å². The Kier molecular flexibility index (Phi) is 8.55. The molecule has 0 aliphatic heterocycles.